The summed E-state index contributed by atoms with van der Waals surface area (Å²) in [7, 11) is 0. The van der Waals surface area contributed by atoms with E-state index in [2.05, 4.69) is 16.0 Å². The smallest absolute Gasteiger partial charge is 0.223 e. The predicted molar refractivity (Wildman–Crippen MR) is 66.4 cm³/mol. The monoisotopic (exact) mass is 246 g/mol. The van der Waals surface area contributed by atoms with Gasteiger partial charge in [-0.05, 0) is 48.4 Å². The molecule has 3 rings (SSSR count). The summed E-state index contributed by atoms with van der Waals surface area (Å²) in [5, 5.41) is 0.289. The summed E-state index contributed by atoms with van der Waals surface area (Å²) in [6.45, 7) is 2.68. The van der Waals surface area contributed by atoms with Gasteiger partial charge in [-0.15, -0.1) is 0 Å². The molecule has 1 aromatic carbocycles. The second kappa shape index (κ2) is 4.00. The molecule has 0 aliphatic carbocycles. The van der Waals surface area contributed by atoms with Gasteiger partial charge in [-0.25, -0.2) is 9.97 Å². The van der Waals surface area contributed by atoms with Crippen molar-refractivity contribution < 1.29 is 4.74 Å². The Morgan fingerprint density at radius 1 is 1.24 bits per heavy atom. The minimum absolute atomic E-state index is 0.289. The van der Waals surface area contributed by atoms with Crippen LogP contribution < -0.4 is 4.74 Å². The highest BCUT2D eigenvalue weighted by atomic mass is 35.5. The number of ether oxygens (including phenoxy) is 1. The van der Waals surface area contributed by atoms with Crippen LogP contribution in [-0.4, -0.2) is 16.6 Å². The molecule has 1 aliphatic rings. The van der Waals surface area contributed by atoms with E-state index in [4.69, 9.17) is 16.3 Å². The molecule has 0 N–H and O–H groups in total. The van der Waals surface area contributed by atoms with Crippen LogP contribution in [0.25, 0.3) is 11.3 Å². The molecule has 86 valence electrons. The van der Waals surface area contributed by atoms with Crippen LogP contribution in [-0.2, 0) is 6.42 Å². The summed E-state index contributed by atoms with van der Waals surface area (Å²) in [4.78, 5) is 8.31. The molecule has 0 spiro atoms. The van der Waals surface area contributed by atoms with Crippen LogP contribution in [0.2, 0.25) is 5.28 Å². The standard InChI is InChI=1S/C13H11ClN2O/c1-8-6-11(16-13(14)15-8)9-2-3-12-10(7-9)4-5-17-12/h2-3,6-7H,4-5H2,1H3. The van der Waals surface area contributed by atoms with Crippen molar-refractivity contribution in [3.63, 3.8) is 0 Å². The van der Waals surface area contributed by atoms with E-state index in [0.717, 1.165) is 35.7 Å². The molecule has 0 radical (unpaired) electrons. The number of aromatic nitrogens is 2. The minimum Gasteiger partial charge on any atom is -0.493 e. The van der Waals surface area contributed by atoms with Gasteiger partial charge in [0.1, 0.15) is 5.75 Å². The van der Waals surface area contributed by atoms with E-state index in [0.29, 0.717) is 0 Å². The van der Waals surface area contributed by atoms with Gasteiger partial charge >= 0.3 is 0 Å². The van der Waals surface area contributed by atoms with Crippen LogP contribution in [0.4, 0.5) is 0 Å². The highest BCUT2D eigenvalue weighted by Crippen LogP contribution is 2.30. The van der Waals surface area contributed by atoms with Crippen molar-refractivity contribution in [1.82, 2.24) is 9.97 Å². The predicted octanol–water partition coefficient (Wildman–Crippen LogP) is 3.04. The van der Waals surface area contributed by atoms with Crippen molar-refractivity contribution >= 4 is 11.6 Å². The number of aryl methyl sites for hydroxylation is 1. The number of rotatable bonds is 1. The number of nitrogens with zero attached hydrogens (tertiary/aromatic N) is 2. The molecule has 2 heterocycles. The van der Waals surface area contributed by atoms with Gasteiger partial charge in [0.05, 0.1) is 12.3 Å². The number of hydrogen-bond donors (Lipinski definition) is 0. The molecule has 1 aromatic heterocycles. The SMILES string of the molecule is Cc1cc(-c2ccc3c(c2)CCO3)nc(Cl)n1. The zero-order valence-corrected chi connectivity index (χ0v) is 10.2. The van der Waals surface area contributed by atoms with Crippen molar-refractivity contribution in [3.05, 3.63) is 40.8 Å². The van der Waals surface area contributed by atoms with Crippen LogP contribution in [0.3, 0.4) is 0 Å². The molecule has 2 aromatic rings. The average Bonchev–Trinajstić information content (AvgIpc) is 2.74. The highest BCUT2D eigenvalue weighted by Gasteiger charge is 2.13. The number of benzene rings is 1. The summed E-state index contributed by atoms with van der Waals surface area (Å²) in [6, 6.07) is 8.04. The van der Waals surface area contributed by atoms with Crippen molar-refractivity contribution in [2.24, 2.45) is 0 Å². The molecule has 0 amide bonds. The van der Waals surface area contributed by atoms with E-state index in [1.54, 1.807) is 0 Å². The first-order chi connectivity index (χ1) is 8.22. The Balaban J connectivity index is 2.09. The number of halogens is 1. The Morgan fingerprint density at radius 3 is 2.94 bits per heavy atom. The molecule has 0 bridgehead atoms. The molecule has 0 saturated heterocycles. The Labute approximate surface area is 104 Å². The lowest BCUT2D eigenvalue weighted by Gasteiger charge is -2.05. The molecular weight excluding hydrogens is 236 g/mol. The Kier molecular flexibility index (Phi) is 2.48. The van der Waals surface area contributed by atoms with Crippen molar-refractivity contribution in [1.29, 1.82) is 0 Å². The summed E-state index contributed by atoms with van der Waals surface area (Å²) >= 11 is 5.87. The minimum atomic E-state index is 0.289. The second-order valence-corrected chi connectivity index (χ2v) is 4.42. The van der Waals surface area contributed by atoms with E-state index >= 15 is 0 Å². The van der Waals surface area contributed by atoms with Gasteiger partial charge < -0.3 is 4.74 Å². The summed E-state index contributed by atoms with van der Waals surface area (Å²) < 4.78 is 5.48. The van der Waals surface area contributed by atoms with Gasteiger partial charge in [0, 0.05) is 17.7 Å². The fourth-order valence-corrected chi connectivity index (χ4v) is 2.25. The topological polar surface area (TPSA) is 35.0 Å². The van der Waals surface area contributed by atoms with Crippen LogP contribution in [0.15, 0.2) is 24.3 Å². The van der Waals surface area contributed by atoms with Crippen LogP contribution in [0.5, 0.6) is 5.75 Å². The lowest BCUT2D eigenvalue weighted by Crippen LogP contribution is -1.91. The molecule has 4 heteroatoms. The molecular formula is C13H11ClN2O. The quantitative estimate of drug-likeness (QED) is 0.726. The first-order valence-electron chi connectivity index (χ1n) is 5.50. The molecule has 1 aliphatic heterocycles. The maximum atomic E-state index is 5.87. The Morgan fingerprint density at radius 2 is 2.12 bits per heavy atom. The third kappa shape index (κ3) is 1.98. The van der Waals surface area contributed by atoms with Crippen molar-refractivity contribution in [3.8, 4) is 17.0 Å². The van der Waals surface area contributed by atoms with Gasteiger partial charge in [0.25, 0.3) is 0 Å². The third-order valence-electron chi connectivity index (χ3n) is 2.81. The van der Waals surface area contributed by atoms with Gasteiger partial charge in [-0.1, -0.05) is 0 Å². The molecule has 3 nitrogen and oxygen atoms in total. The second-order valence-electron chi connectivity index (χ2n) is 4.08. The normalized spacial score (nSPS) is 13.3. The van der Waals surface area contributed by atoms with Gasteiger partial charge in [-0.2, -0.15) is 0 Å². The Bertz CT molecular complexity index is 563. The Hall–Kier alpha value is -1.61. The summed E-state index contributed by atoms with van der Waals surface area (Å²) in [5.74, 6) is 0.977. The van der Waals surface area contributed by atoms with E-state index in [-0.39, 0.29) is 5.28 Å². The highest BCUT2D eigenvalue weighted by molar-refractivity contribution is 6.28. The van der Waals surface area contributed by atoms with E-state index in [1.165, 1.54) is 5.56 Å². The first-order valence-corrected chi connectivity index (χ1v) is 5.87. The number of fused-ring (bicyclic) bond motifs is 1. The van der Waals surface area contributed by atoms with E-state index in [1.807, 2.05) is 25.1 Å². The maximum absolute atomic E-state index is 5.87. The lowest BCUT2D eigenvalue weighted by atomic mass is 10.1. The van der Waals surface area contributed by atoms with Crippen LogP contribution in [0.1, 0.15) is 11.3 Å². The first kappa shape index (κ1) is 10.5. The lowest BCUT2D eigenvalue weighted by molar-refractivity contribution is 0.357. The fraction of sp³-hybridized carbons (Fsp3) is 0.231. The molecule has 0 unspecified atom stereocenters. The molecule has 0 fully saturated rings. The van der Waals surface area contributed by atoms with Crippen molar-refractivity contribution in [2.75, 3.05) is 6.61 Å². The van der Waals surface area contributed by atoms with Gasteiger partial charge in [-0.3, -0.25) is 0 Å². The maximum Gasteiger partial charge on any atom is 0.223 e. The third-order valence-corrected chi connectivity index (χ3v) is 2.98. The largest absolute Gasteiger partial charge is 0.493 e. The summed E-state index contributed by atoms with van der Waals surface area (Å²) in [6.07, 6.45) is 0.959. The average molecular weight is 247 g/mol. The van der Waals surface area contributed by atoms with Gasteiger partial charge in [0.15, 0.2) is 0 Å². The fourth-order valence-electron chi connectivity index (χ4n) is 2.03. The van der Waals surface area contributed by atoms with Crippen LogP contribution >= 0.6 is 11.6 Å². The number of hydrogen-bond acceptors (Lipinski definition) is 3. The zero-order valence-electron chi connectivity index (χ0n) is 9.40. The molecule has 17 heavy (non-hydrogen) atoms. The molecule has 0 saturated carbocycles. The zero-order chi connectivity index (χ0) is 11.8. The van der Waals surface area contributed by atoms with Gasteiger partial charge in [0.2, 0.25) is 5.28 Å². The van der Waals surface area contributed by atoms with Crippen molar-refractivity contribution in [2.45, 2.75) is 13.3 Å². The van der Waals surface area contributed by atoms with E-state index < -0.39 is 0 Å². The molecule has 0 atom stereocenters. The van der Waals surface area contributed by atoms with Crippen LogP contribution in [0, 0.1) is 6.92 Å². The summed E-state index contributed by atoms with van der Waals surface area (Å²) in [5.41, 5.74) is 4.02. The van der Waals surface area contributed by atoms with E-state index in [9.17, 15) is 0 Å².